The molecule has 0 atom stereocenters. The quantitative estimate of drug-likeness (QED) is 0.712. The molecule has 0 aliphatic carbocycles. The number of aryl methyl sites for hydroxylation is 1. The van der Waals surface area contributed by atoms with Gasteiger partial charge in [-0.25, -0.2) is 0 Å². The van der Waals surface area contributed by atoms with Gasteiger partial charge in [0.25, 0.3) is 0 Å². The highest BCUT2D eigenvalue weighted by atomic mass is 16.5. The van der Waals surface area contributed by atoms with Crippen LogP contribution >= 0.6 is 0 Å². The molecular weight excluding hydrogens is 260 g/mol. The minimum absolute atomic E-state index is 0.793. The molecule has 0 bridgehead atoms. The average Bonchev–Trinajstić information content (AvgIpc) is 2.98. The number of rotatable bonds is 3. The van der Waals surface area contributed by atoms with Crippen molar-refractivity contribution in [2.24, 2.45) is 0 Å². The summed E-state index contributed by atoms with van der Waals surface area (Å²) < 4.78 is 5.46. The van der Waals surface area contributed by atoms with Crippen molar-refractivity contribution >= 4 is 5.69 Å². The van der Waals surface area contributed by atoms with E-state index in [-0.39, 0.29) is 0 Å². The van der Waals surface area contributed by atoms with Crippen molar-refractivity contribution in [1.29, 1.82) is 0 Å². The van der Waals surface area contributed by atoms with Crippen molar-refractivity contribution in [2.75, 3.05) is 19.0 Å². The van der Waals surface area contributed by atoms with Gasteiger partial charge in [0.05, 0.1) is 0 Å². The van der Waals surface area contributed by atoms with Crippen molar-refractivity contribution in [1.82, 2.24) is 5.16 Å². The van der Waals surface area contributed by atoms with Gasteiger partial charge in [-0.3, -0.25) is 0 Å². The van der Waals surface area contributed by atoms with E-state index in [0.717, 1.165) is 22.6 Å². The fourth-order valence-corrected chi connectivity index (χ4v) is 2.20. The lowest BCUT2D eigenvalue weighted by molar-refractivity contribution is 0.435. The Bertz CT molecular complexity index is 725. The highest BCUT2D eigenvalue weighted by molar-refractivity contribution is 5.68. The Kier molecular flexibility index (Phi) is 3.48. The van der Waals surface area contributed by atoms with Crippen LogP contribution in [-0.4, -0.2) is 19.3 Å². The summed E-state index contributed by atoms with van der Waals surface area (Å²) in [6.45, 7) is 2.07. The molecule has 0 saturated heterocycles. The maximum atomic E-state index is 5.46. The van der Waals surface area contributed by atoms with Gasteiger partial charge in [-0.15, -0.1) is 0 Å². The topological polar surface area (TPSA) is 29.3 Å². The molecule has 3 heteroatoms. The van der Waals surface area contributed by atoms with Crippen LogP contribution < -0.4 is 4.90 Å². The molecule has 0 N–H and O–H groups in total. The van der Waals surface area contributed by atoms with Crippen molar-refractivity contribution in [3.63, 3.8) is 0 Å². The van der Waals surface area contributed by atoms with E-state index in [4.69, 9.17) is 4.52 Å². The van der Waals surface area contributed by atoms with E-state index in [1.54, 1.807) is 0 Å². The third-order valence-corrected chi connectivity index (χ3v) is 3.53. The van der Waals surface area contributed by atoms with Crippen LogP contribution in [0.3, 0.4) is 0 Å². The Morgan fingerprint density at radius 3 is 2.10 bits per heavy atom. The molecule has 0 unspecified atom stereocenters. The van der Waals surface area contributed by atoms with Gasteiger partial charge in [-0.1, -0.05) is 47.1 Å². The normalized spacial score (nSPS) is 10.6. The smallest absolute Gasteiger partial charge is 0.167 e. The van der Waals surface area contributed by atoms with Gasteiger partial charge in [-0.05, 0) is 19.1 Å². The number of aromatic nitrogens is 1. The van der Waals surface area contributed by atoms with Gasteiger partial charge in [0, 0.05) is 37.0 Å². The summed E-state index contributed by atoms with van der Waals surface area (Å²) in [6, 6.07) is 18.5. The molecule has 0 amide bonds. The molecule has 0 saturated carbocycles. The lowest BCUT2D eigenvalue weighted by Gasteiger charge is -2.11. The second kappa shape index (κ2) is 5.44. The predicted molar refractivity (Wildman–Crippen MR) is 86.4 cm³/mol. The summed E-state index contributed by atoms with van der Waals surface area (Å²) in [6.07, 6.45) is 0. The highest BCUT2D eigenvalue weighted by Gasteiger charge is 2.08. The minimum atomic E-state index is 0.793. The Labute approximate surface area is 124 Å². The maximum Gasteiger partial charge on any atom is 0.167 e. The summed E-state index contributed by atoms with van der Waals surface area (Å²) >= 11 is 0. The Hall–Kier alpha value is -2.55. The first-order valence-corrected chi connectivity index (χ1v) is 6.95. The fourth-order valence-electron chi connectivity index (χ4n) is 2.20. The van der Waals surface area contributed by atoms with E-state index in [1.165, 1.54) is 11.3 Å². The molecule has 106 valence electrons. The van der Waals surface area contributed by atoms with Crippen LogP contribution in [0, 0.1) is 6.92 Å². The molecule has 0 aliphatic rings. The van der Waals surface area contributed by atoms with Gasteiger partial charge >= 0.3 is 0 Å². The summed E-state index contributed by atoms with van der Waals surface area (Å²) in [5.74, 6) is 0.793. The molecule has 0 fully saturated rings. The number of anilines is 1. The molecular formula is C18H18N2O. The molecule has 0 aliphatic heterocycles. The standard InChI is InChI=1S/C18H18N2O/c1-13-4-6-15(7-5-13)18-12-17(19-21-18)14-8-10-16(11-9-14)20(2)3/h4-12H,1-3H3. The van der Waals surface area contributed by atoms with Gasteiger partial charge in [-0.2, -0.15) is 0 Å². The van der Waals surface area contributed by atoms with Crippen molar-refractivity contribution in [3.8, 4) is 22.6 Å². The molecule has 3 nitrogen and oxygen atoms in total. The van der Waals surface area contributed by atoms with E-state index in [0.29, 0.717) is 0 Å². The summed E-state index contributed by atoms with van der Waals surface area (Å²) in [5, 5.41) is 4.17. The Morgan fingerprint density at radius 1 is 0.857 bits per heavy atom. The minimum Gasteiger partial charge on any atom is -0.378 e. The third-order valence-electron chi connectivity index (χ3n) is 3.53. The Morgan fingerprint density at radius 2 is 1.48 bits per heavy atom. The first-order chi connectivity index (χ1) is 10.1. The molecule has 21 heavy (non-hydrogen) atoms. The van der Waals surface area contributed by atoms with Crippen LogP contribution in [0.25, 0.3) is 22.6 Å². The van der Waals surface area contributed by atoms with E-state index >= 15 is 0 Å². The highest BCUT2D eigenvalue weighted by Crippen LogP contribution is 2.27. The van der Waals surface area contributed by atoms with Crippen molar-refractivity contribution < 1.29 is 4.52 Å². The zero-order valence-corrected chi connectivity index (χ0v) is 12.5. The molecule has 2 aromatic carbocycles. The van der Waals surface area contributed by atoms with Crippen LogP contribution in [0.5, 0.6) is 0 Å². The first kappa shape index (κ1) is 13.4. The summed E-state index contributed by atoms with van der Waals surface area (Å²) in [5.41, 5.74) is 5.36. The Balaban J connectivity index is 1.89. The van der Waals surface area contributed by atoms with Crippen LogP contribution in [0.1, 0.15) is 5.56 Å². The predicted octanol–water partition coefficient (Wildman–Crippen LogP) is 4.38. The van der Waals surface area contributed by atoms with Crippen LogP contribution in [0.15, 0.2) is 59.1 Å². The summed E-state index contributed by atoms with van der Waals surface area (Å²) in [4.78, 5) is 2.07. The van der Waals surface area contributed by atoms with Gasteiger partial charge in [0.15, 0.2) is 5.76 Å². The SMILES string of the molecule is Cc1ccc(-c2cc(-c3ccc(N(C)C)cc3)no2)cc1. The lowest BCUT2D eigenvalue weighted by Crippen LogP contribution is -2.07. The number of hydrogen-bond acceptors (Lipinski definition) is 3. The number of benzene rings is 2. The molecule has 0 radical (unpaired) electrons. The number of hydrogen-bond donors (Lipinski definition) is 0. The molecule has 3 aromatic rings. The molecule has 3 rings (SSSR count). The van der Waals surface area contributed by atoms with E-state index in [2.05, 4.69) is 65.5 Å². The van der Waals surface area contributed by atoms with Crippen LogP contribution in [0.4, 0.5) is 5.69 Å². The molecule has 1 aromatic heterocycles. The lowest BCUT2D eigenvalue weighted by atomic mass is 10.1. The largest absolute Gasteiger partial charge is 0.378 e. The second-order valence-corrected chi connectivity index (χ2v) is 5.38. The van der Waals surface area contributed by atoms with Gasteiger partial charge in [0.2, 0.25) is 0 Å². The van der Waals surface area contributed by atoms with Crippen molar-refractivity contribution in [2.45, 2.75) is 6.92 Å². The van der Waals surface area contributed by atoms with Crippen LogP contribution in [-0.2, 0) is 0 Å². The zero-order valence-electron chi connectivity index (χ0n) is 12.5. The van der Waals surface area contributed by atoms with E-state index < -0.39 is 0 Å². The van der Waals surface area contributed by atoms with E-state index in [1.807, 2.05) is 20.2 Å². The maximum absolute atomic E-state index is 5.46. The fraction of sp³-hybridized carbons (Fsp3) is 0.167. The third kappa shape index (κ3) is 2.82. The monoisotopic (exact) mass is 278 g/mol. The average molecular weight is 278 g/mol. The second-order valence-electron chi connectivity index (χ2n) is 5.38. The van der Waals surface area contributed by atoms with Crippen molar-refractivity contribution in [3.05, 3.63) is 60.2 Å². The number of nitrogens with zero attached hydrogens (tertiary/aromatic N) is 2. The van der Waals surface area contributed by atoms with E-state index in [9.17, 15) is 0 Å². The molecule has 0 spiro atoms. The summed E-state index contributed by atoms with van der Waals surface area (Å²) in [7, 11) is 4.06. The van der Waals surface area contributed by atoms with Gasteiger partial charge in [0.1, 0.15) is 5.69 Å². The first-order valence-electron chi connectivity index (χ1n) is 6.95. The molecule has 1 heterocycles. The zero-order chi connectivity index (χ0) is 14.8. The van der Waals surface area contributed by atoms with Gasteiger partial charge < -0.3 is 9.42 Å². The van der Waals surface area contributed by atoms with Crippen LogP contribution in [0.2, 0.25) is 0 Å².